The van der Waals surface area contributed by atoms with Crippen LogP contribution in [-0.2, 0) is 4.74 Å². The van der Waals surface area contributed by atoms with E-state index in [9.17, 15) is 9.90 Å². The largest absolute Gasteiger partial charge is 0.493 e. The van der Waals surface area contributed by atoms with Crippen LogP contribution < -0.4 is 20.5 Å². The summed E-state index contributed by atoms with van der Waals surface area (Å²) >= 11 is 0. The van der Waals surface area contributed by atoms with Gasteiger partial charge in [-0.15, -0.1) is 0 Å². The molecule has 7 nitrogen and oxygen atoms in total. The highest BCUT2D eigenvalue weighted by atomic mass is 16.6. The van der Waals surface area contributed by atoms with Crippen LogP contribution in [0.3, 0.4) is 0 Å². The zero-order valence-electron chi connectivity index (χ0n) is 13.6. The molecule has 0 heterocycles. The molecule has 0 bridgehead atoms. The first kappa shape index (κ1) is 18.1. The molecule has 1 aromatic rings. The average molecular weight is 312 g/mol. The van der Waals surface area contributed by atoms with E-state index in [0.29, 0.717) is 22.7 Å². The number of ether oxygens (including phenoxy) is 3. The number of nitrogens with one attached hydrogen (secondary N) is 1. The lowest BCUT2D eigenvalue weighted by molar-refractivity contribution is 0.0635. The third-order valence-corrected chi connectivity index (χ3v) is 2.79. The van der Waals surface area contributed by atoms with Gasteiger partial charge in [-0.1, -0.05) is 0 Å². The molecule has 0 radical (unpaired) electrons. The first-order chi connectivity index (χ1) is 10.2. The minimum atomic E-state index is -0.676. The molecule has 0 spiro atoms. The van der Waals surface area contributed by atoms with Gasteiger partial charge in [0.05, 0.1) is 32.6 Å². The number of hydrogen-bond donors (Lipinski definition) is 3. The molecule has 1 rings (SSSR count). The molecule has 7 heteroatoms. The van der Waals surface area contributed by atoms with E-state index in [4.69, 9.17) is 19.9 Å². The van der Waals surface area contributed by atoms with Crippen molar-refractivity contribution in [3.8, 4) is 11.5 Å². The summed E-state index contributed by atoms with van der Waals surface area (Å²) in [5.74, 6) is 0.888. The van der Waals surface area contributed by atoms with E-state index in [0.717, 1.165) is 0 Å². The van der Waals surface area contributed by atoms with Crippen LogP contribution in [0.5, 0.6) is 11.5 Å². The number of aliphatic hydroxyl groups is 1. The molecule has 0 unspecified atom stereocenters. The number of benzene rings is 1. The lowest BCUT2D eigenvalue weighted by Crippen LogP contribution is -2.28. The second-order valence-electron chi connectivity index (χ2n) is 5.71. The maximum absolute atomic E-state index is 11.9. The summed E-state index contributed by atoms with van der Waals surface area (Å²) in [5.41, 5.74) is 6.17. The van der Waals surface area contributed by atoms with Gasteiger partial charge in [0.25, 0.3) is 0 Å². The van der Waals surface area contributed by atoms with Crippen LogP contribution >= 0.6 is 0 Å². The molecule has 1 atom stereocenters. The first-order valence-electron chi connectivity index (χ1n) is 6.84. The van der Waals surface area contributed by atoms with Crippen molar-refractivity contribution in [1.29, 1.82) is 0 Å². The Kier molecular flexibility index (Phi) is 6.01. The predicted octanol–water partition coefficient (Wildman–Crippen LogP) is 2.04. The third-order valence-electron chi connectivity index (χ3n) is 2.79. The maximum atomic E-state index is 11.9. The van der Waals surface area contributed by atoms with Gasteiger partial charge >= 0.3 is 6.09 Å². The molecule has 124 valence electrons. The van der Waals surface area contributed by atoms with E-state index in [1.807, 2.05) is 0 Å². The number of carbonyl (C=O) groups excluding carboxylic acids is 1. The van der Waals surface area contributed by atoms with Gasteiger partial charge in [0, 0.05) is 6.07 Å². The van der Waals surface area contributed by atoms with Gasteiger partial charge in [-0.3, -0.25) is 5.32 Å². The number of anilines is 1. The fourth-order valence-corrected chi connectivity index (χ4v) is 1.82. The highest BCUT2D eigenvalue weighted by molar-refractivity contribution is 5.87. The van der Waals surface area contributed by atoms with Crippen LogP contribution in [0.4, 0.5) is 10.5 Å². The molecule has 0 aliphatic heterocycles. The van der Waals surface area contributed by atoms with Crippen LogP contribution in [0.1, 0.15) is 32.4 Å². The summed E-state index contributed by atoms with van der Waals surface area (Å²) in [7, 11) is 2.98. The molecule has 0 saturated heterocycles. The fraction of sp³-hybridized carbons (Fsp3) is 0.533. The van der Waals surface area contributed by atoms with Gasteiger partial charge in [-0.2, -0.15) is 0 Å². The number of rotatable bonds is 5. The summed E-state index contributed by atoms with van der Waals surface area (Å²) in [4.78, 5) is 11.9. The zero-order valence-corrected chi connectivity index (χ0v) is 13.6. The fourth-order valence-electron chi connectivity index (χ4n) is 1.82. The quantitative estimate of drug-likeness (QED) is 0.769. The monoisotopic (exact) mass is 312 g/mol. The Balaban J connectivity index is 3.17. The number of carbonyl (C=O) groups is 1. The molecular weight excluding hydrogens is 288 g/mol. The number of nitrogens with two attached hydrogens (primary N) is 1. The summed E-state index contributed by atoms with van der Waals surface area (Å²) < 4.78 is 15.6. The smallest absolute Gasteiger partial charge is 0.412 e. The Hall–Kier alpha value is -1.99. The van der Waals surface area contributed by atoms with E-state index in [1.54, 1.807) is 32.9 Å². The predicted molar refractivity (Wildman–Crippen MR) is 83.4 cm³/mol. The topological polar surface area (TPSA) is 103 Å². The molecular formula is C15H24N2O5. The number of hydrogen-bond acceptors (Lipinski definition) is 6. The summed E-state index contributed by atoms with van der Waals surface area (Å²) in [6.45, 7) is 5.02. The van der Waals surface area contributed by atoms with E-state index in [1.165, 1.54) is 14.2 Å². The second-order valence-corrected chi connectivity index (χ2v) is 5.71. The first-order valence-corrected chi connectivity index (χ1v) is 6.84. The molecule has 0 saturated carbocycles. The van der Waals surface area contributed by atoms with Gasteiger partial charge in [-0.25, -0.2) is 4.79 Å². The molecule has 0 aliphatic carbocycles. The summed E-state index contributed by atoms with van der Waals surface area (Å²) in [6, 6.07) is 2.52. The van der Waals surface area contributed by atoms with Crippen molar-refractivity contribution in [2.24, 2.45) is 5.73 Å². The van der Waals surface area contributed by atoms with Crippen LogP contribution in [0.25, 0.3) is 0 Å². The second kappa shape index (κ2) is 7.33. The number of aliphatic hydroxyl groups excluding tert-OH is 1. The molecule has 0 fully saturated rings. The standard InChI is InChI=1S/C15H24N2O5/c1-15(2,3)22-14(19)17-11-7-13(21-5)12(20-4)6-9(11)10(16)8-18/h6-7,10,18H,8,16H2,1-5H3,(H,17,19)/t10-/m0/s1. The van der Waals surface area contributed by atoms with E-state index >= 15 is 0 Å². The summed E-state index contributed by atoms with van der Waals surface area (Å²) in [5, 5.41) is 11.9. The summed E-state index contributed by atoms with van der Waals surface area (Å²) in [6.07, 6.45) is -0.619. The average Bonchev–Trinajstić information content (AvgIpc) is 2.43. The number of amides is 1. The lowest BCUT2D eigenvalue weighted by atomic mass is 10.0. The van der Waals surface area contributed by atoms with Crippen molar-refractivity contribution in [2.75, 3.05) is 26.1 Å². The Morgan fingerprint density at radius 2 is 1.82 bits per heavy atom. The highest BCUT2D eigenvalue weighted by Gasteiger charge is 2.21. The molecule has 1 aromatic carbocycles. The van der Waals surface area contributed by atoms with Crippen molar-refractivity contribution in [1.82, 2.24) is 0 Å². The molecule has 0 aromatic heterocycles. The Morgan fingerprint density at radius 3 is 2.27 bits per heavy atom. The van der Waals surface area contributed by atoms with Gasteiger partial charge in [-0.05, 0) is 32.4 Å². The SMILES string of the molecule is COc1cc(NC(=O)OC(C)(C)C)c([C@@H](N)CO)cc1OC. The Labute approximate surface area is 130 Å². The van der Waals surface area contributed by atoms with Crippen molar-refractivity contribution in [3.05, 3.63) is 17.7 Å². The van der Waals surface area contributed by atoms with E-state index in [-0.39, 0.29) is 6.61 Å². The van der Waals surface area contributed by atoms with E-state index < -0.39 is 17.7 Å². The normalized spacial score (nSPS) is 12.5. The molecule has 4 N–H and O–H groups in total. The maximum Gasteiger partial charge on any atom is 0.412 e. The molecule has 22 heavy (non-hydrogen) atoms. The van der Waals surface area contributed by atoms with Gasteiger partial charge < -0.3 is 25.1 Å². The zero-order chi connectivity index (χ0) is 16.9. The Bertz CT molecular complexity index is 525. The minimum Gasteiger partial charge on any atom is -0.493 e. The van der Waals surface area contributed by atoms with Crippen LogP contribution in [0, 0.1) is 0 Å². The lowest BCUT2D eigenvalue weighted by Gasteiger charge is -2.22. The number of methoxy groups -OCH3 is 2. The van der Waals surface area contributed by atoms with Gasteiger partial charge in [0.15, 0.2) is 11.5 Å². The van der Waals surface area contributed by atoms with Crippen LogP contribution in [-0.4, -0.2) is 37.6 Å². The van der Waals surface area contributed by atoms with Gasteiger partial charge in [0.2, 0.25) is 0 Å². The van der Waals surface area contributed by atoms with Crippen molar-refractivity contribution in [2.45, 2.75) is 32.4 Å². The van der Waals surface area contributed by atoms with Crippen molar-refractivity contribution in [3.63, 3.8) is 0 Å². The molecule has 0 aliphatic rings. The van der Waals surface area contributed by atoms with Crippen LogP contribution in [0.2, 0.25) is 0 Å². The third kappa shape index (κ3) is 4.78. The van der Waals surface area contributed by atoms with Crippen molar-refractivity contribution >= 4 is 11.8 Å². The Morgan fingerprint density at radius 1 is 1.27 bits per heavy atom. The van der Waals surface area contributed by atoms with Gasteiger partial charge in [0.1, 0.15) is 5.60 Å². The van der Waals surface area contributed by atoms with E-state index in [2.05, 4.69) is 5.32 Å². The highest BCUT2D eigenvalue weighted by Crippen LogP contribution is 2.35. The minimum absolute atomic E-state index is 0.279. The molecule has 1 amide bonds. The van der Waals surface area contributed by atoms with Crippen molar-refractivity contribution < 1.29 is 24.1 Å². The van der Waals surface area contributed by atoms with Crippen LogP contribution in [0.15, 0.2) is 12.1 Å².